The average Bonchev–Trinajstić information content (AvgIpc) is 3.04. The quantitative estimate of drug-likeness (QED) is 0.577. The third-order valence-electron chi connectivity index (χ3n) is 4.46. The first-order chi connectivity index (χ1) is 15.0. The highest BCUT2D eigenvalue weighted by Crippen LogP contribution is 2.33. The summed E-state index contributed by atoms with van der Waals surface area (Å²) in [5.74, 6) is -0.482. The lowest BCUT2D eigenvalue weighted by molar-refractivity contribution is -0.144. The Labute approximate surface area is 192 Å². The molecule has 0 unspecified atom stereocenters. The summed E-state index contributed by atoms with van der Waals surface area (Å²) in [7, 11) is 0.820. The molecule has 1 fully saturated rings. The summed E-state index contributed by atoms with van der Waals surface area (Å²) in [6.45, 7) is 0.385. The minimum absolute atomic E-state index is 0.0525. The lowest BCUT2D eigenvalue weighted by Gasteiger charge is -2.16. The van der Waals surface area contributed by atoms with E-state index in [-0.39, 0.29) is 37.6 Å². The van der Waals surface area contributed by atoms with Crippen LogP contribution in [0.3, 0.4) is 0 Å². The van der Waals surface area contributed by atoms with Crippen molar-refractivity contribution in [2.24, 2.45) is 12.0 Å². The van der Waals surface area contributed by atoms with Crippen molar-refractivity contribution in [3.05, 3.63) is 55.6 Å². The van der Waals surface area contributed by atoms with Crippen LogP contribution in [-0.2, 0) is 18.0 Å². The number of aromatic nitrogens is 2. The topological polar surface area (TPSA) is 76.7 Å². The highest BCUT2D eigenvalue weighted by molar-refractivity contribution is 8.15. The van der Waals surface area contributed by atoms with Gasteiger partial charge in [0.2, 0.25) is 5.91 Å². The van der Waals surface area contributed by atoms with Crippen LogP contribution in [0.5, 0.6) is 0 Å². The van der Waals surface area contributed by atoms with Crippen molar-refractivity contribution in [1.29, 1.82) is 0 Å². The van der Waals surface area contributed by atoms with Gasteiger partial charge in [-0.25, -0.2) is 18.7 Å². The second-order valence-electron chi connectivity index (χ2n) is 6.52. The van der Waals surface area contributed by atoms with Gasteiger partial charge in [0.05, 0.1) is 22.2 Å². The molecule has 0 atom stereocenters. The monoisotopic (exact) mass is 510 g/mol. The van der Waals surface area contributed by atoms with Gasteiger partial charge >= 0.3 is 11.9 Å². The van der Waals surface area contributed by atoms with Crippen molar-refractivity contribution in [2.45, 2.75) is 6.18 Å². The molecule has 32 heavy (non-hydrogen) atoms. The molecule has 2 heterocycles. The maximum Gasteiger partial charge on any atom is 0.431 e. The molecule has 0 spiro atoms. The van der Waals surface area contributed by atoms with Gasteiger partial charge in [0.1, 0.15) is 11.5 Å². The Morgan fingerprint density at radius 2 is 1.91 bits per heavy atom. The molecule has 14 heteroatoms. The second kappa shape index (κ2) is 9.32. The fourth-order valence-corrected chi connectivity index (χ4v) is 4.37. The first-order valence-corrected chi connectivity index (χ1v) is 11.6. The summed E-state index contributed by atoms with van der Waals surface area (Å²) < 4.78 is 54.3. The van der Waals surface area contributed by atoms with E-state index in [4.69, 9.17) is 11.6 Å². The summed E-state index contributed by atoms with van der Waals surface area (Å²) in [4.78, 5) is 42.6. The van der Waals surface area contributed by atoms with Crippen molar-refractivity contribution in [1.82, 2.24) is 14.0 Å². The van der Waals surface area contributed by atoms with Crippen LogP contribution >= 0.6 is 35.1 Å². The Kier molecular flexibility index (Phi) is 7.10. The van der Waals surface area contributed by atoms with E-state index in [1.807, 2.05) is 6.26 Å². The second-order valence-corrected chi connectivity index (χ2v) is 8.85. The molecule has 0 saturated carbocycles. The largest absolute Gasteiger partial charge is 0.431 e. The van der Waals surface area contributed by atoms with Gasteiger partial charge in [-0.15, -0.1) is 0 Å². The lowest BCUT2D eigenvalue weighted by Crippen LogP contribution is -2.41. The molecule has 1 aromatic heterocycles. The fraction of sp³-hybridized carbons (Fsp3) is 0.333. The maximum absolute atomic E-state index is 14.6. The van der Waals surface area contributed by atoms with Gasteiger partial charge in [-0.05, 0) is 18.4 Å². The number of rotatable bonds is 5. The zero-order valence-electron chi connectivity index (χ0n) is 16.6. The maximum atomic E-state index is 14.6. The lowest BCUT2D eigenvalue weighted by atomic mass is 10.2. The highest BCUT2D eigenvalue weighted by atomic mass is 35.5. The van der Waals surface area contributed by atoms with E-state index in [9.17, 15) is 31.9 Å². The number of amidine groups is 1. The molecule has 0 radical (unpaired) electrons. The number of aliphatic imine (C=N–C) groups is 1. The molecule has 1 aromatic carbocycles. The number of carbonyl (C=O) groups is 1. The van der Waals surface area contributed by atoms with Gasteiger partial charge in [0.15, 0.2) is 5.17 Å². The standard InChI is InChI=1S/C18H15ClF4N4O3S2/c1-25-13(18(21,22)23)7-14(28)27(17(25)30)12-6-11(9(19)5-10(12)20)24-16-26(3-4-31-2)15(29)8-32-16/h5-7H,3-4,8H2,1-2H3. The van der Waals surface area contributed by atoms with Gasteiger partial charge in [-0.2, -0.15) is 24.9 Å². The predicted molar refractivity (Wildman–Crippen MR) is 117 cm³/mol. The van der Waals surface area contributed by atoms with E-state index in [0.717, 1.165) is 30.9 Å². The Morgan fingerprint density at radius 1 is 1.22 bits per heavy atom. The van der Waals surface area contributed by atoms with Crippen molar-refractivity contribution in [2.75, 3.05) is 24.3 Å². The Hall–Kier alpha value is -2.25. The first-order valence-electron chi connectivity index (χ1n) is 8.86. The minimum Gasteiger partial charge on any atom is -0.292 e. The van der Waals surface area contributed by atoms with E-state index in [1.165, 1.54) is 16.7 Å². The van der Waals surface area contributed by atoms with Crippen molar-refractivity contribution >= 4 is 51.9 Å². The number of hydrogen-bond donors (Lipinski definition) is 0. The number of alkyl halides is 3. The summed E-state index contributed by atoms with van der Waals surface area (Å²) in [5.41, 5.74) is -4.89. The molecule has 0 bridgehead atoms. The molecule has 0 N–H and O–H groups in total. The van der Waals surface area contributed by atoms with Crippen molar-refractivity contribution < 1.29 is 22.4 Å². The zero-order chi connectivity index (χ0) is 23.8. The van der Waals surface area contributed by atoms with Gasteiger partial charge in [-0.1, -0.05) is 23.4 Å². The number of hydrogen-bond acceptors (Lipinski definition) is 6. The van der Waals surface area contributed by atoms with E-state index >= 15 is 0 Å². The third-order valence-corrected chi connectivity index (χ3v) is 6.31. The predicted octanol–water partition coefficient (Wildman–Crippen LogP) is 3.27. The van der Waals surface area contributed by atoms with E-state index in [2.05, 4.69) is 4.99 Å². The van der Waals surface area contributed by atoms with E-state index in [1.54, 1.807) is 0 Å². The van der Waals surface area contributed by atoms with Crippen LogP contribution in [0.25, 0.3) is 5.69 Å². The Bertz CT molecular complexity index is 1230. The summed E-state index contributed by atoms with van der Waals surface area (Å²) in [6, 6.07) is 1.99. The molecule has 1 amide bonds. The molecule has 7 nitrogen and oxygen atoms in total. The molecule has 1 aliphatic rings. The molecule has 172 valence electrons. The summed E-state index contributed by atoms with van der Waals surface area (Å²) >= 11 is 8.73. The third kappa shape index (κ3) is 4.74. The van der Waals surface area contributed by atoms with E-state index < -0.39 is 34.6 Å². The van der Waals surface area contributed by atoms with Crippen LogP contribution in [0.2, 0.25) is 5.02 Å². The number of nitrogens with zero attached hydrogens (tertiary/aromatic N) is 4. The van der Waals surface area contributed by atoms with E-state index in [0.29, 0.717) is 17.5 Å². The first kappa shape index (κ1) is 24.4. The molecule has 1 saturated heterocycles. The number of carbonyl (C=O) groups excluding carboxylic acids is 1. The molecule has 2 aromatic rings. The molecule has 0 aliphatic carbocycles. The van der Waals surface area contributed by atoms with Crippen molar-refractivity contribution in [3.8, 4) is 5.69 Å². The van der Waals surface area contributed by atoms with Crippen LogP contribution in [0.1, 0.15) is 5.69 Å². The van der Waals surface area contributed by atoms with Crippen LogP contribution in [0.15, 0.2) is 32.8 Å². The fourth-order valence-electron chi connectivity index (χ4n) is 2.89. The summed E-state index contributed by atoms with van der Waals surface area (Å²) in [6.07, 6.45) is -3.08. The van der Waals surface area contributed by atoms with Crippen LogP contribution in [-0.4, -0.2) is 49.4 Å². The molecule has 1 aliphatic heterocycles. The molecular formula is C18H15ClF4N4O3S2. The molecule has 3 rings (SSSR count). The average molecular weight is 511 g/mol. The van der Waals surface area contributed by atoms with Crippen LogP contribution < -0.4 is 11.2 Å². The Morgan fingerprint density at radius 3 is 2.53 bits per heavy atom. The normalized spacial score (nSPS) is 15.8. The van der Waals surface area contributed by atoms with Gasteiger partial charge in [0.25, 0.3) is 5.56 Å². The van der Waals surface area contributed by atoms with Gasteiger partial charge in [-0.3, -0.25) is 19.1 Å². The number of halogens is 5. The number of amides is 1. The minimum atomic E-state index is -4.95. The Balaban J connectivity index is 2.15. The summed E-state index contributed by atoms with van der Waals surface area (Å²) in [5, 5.41) is 0.136. The smallest absolute Gasteiger partial charge is 0.292 e. The molecular weight excluding hydrogens is 496 g/mol. The van der Waals surface area contributed by atoms with Crippen LogP contribution in [0, 0.1) is 5.82 Å². The zero-order valence-corrected chi connectivity index (χ0v) is 19.0. The van der Waals surface area contributed by atoms with Crippen molar-refractivity contribution in [3.63, 3.8) is 0 Å². The number of benzene rings is 1. The highest BCUT2D eigenvalue weighted by Gasteiger charge is 2.35. The van der Waals surface area contributed by atoms with Gasteiger partial charge in [0, 0.05) is 25.4 Å². The van der Waals surface area contributed by atoms with Gasteiger partial charge < -0.3 is 0 Å². The SMILES string of the molecule is CSCCN1C(=O)CSC1=Nc1cc(-n2c(=O)cc(C(F)(F)F)n(C)c2=O)c(F)cc1Cl. The van der Waals surface area contributed by atoms with Crippen LogP contribution in [0.4, 0.5) is 23.2 Å². The number of thioether (sulfide) groups is 2.